The van der Waals surface area contributed by atoms with Crippen LogP contribution in [0.3, 0.4) is 0 Å². The van der Waals surface area contributed by atoms with Gasteiger partial charge in [0.2, 0.25) is 0 Å². The van der Waals surface area contributed by atoms with Gasteiger partial charge in [0.1, 0.15) is 11.9 Å². The van der Waals surface area contributed by atoms with Gasteiger partial charge in [-0.2, -0.15) is 0 Å². The van der Waals surface area contributed by atoms with E-state index in [1.807, 2.05) is 18.2 Å². The van der Waals surface area contributed by atoms with Gasteiger partial charge >= 0.3 is 5.97 Å². The molecule has 0 spiro atoms. The van der Waals surface area contributed by atoms with E-state index < -0.39 is 5.97 Å². The van der Waals surface area contributed by atoms with Crippen LogP contribution in [0.2, 0.25) is 0 Å². The molecule has 5 heteroatoms. The molecule has 4 nitrogen and oxygen atoms in total. The Morgan fingerprint density at radius 1 is 1.58 bits per heavy atom. The lowest BCUT2D eigenvalue weighted by molar-refractivity contribution is -0.141. The fraction of sp³-hybridized carbons (Fsp3) is 0.500. The van der Waals surface area contributed by atoms with E-state index >= 15 is 0 Å². The first-order valence-electron chi connectivity index (χ1n) is 6.32. The maximum Gasteiger partial charge on any atom is 0.306 e. The minimum absolute atomic E-state index is 0.255. The molecule has 1 fully saturated rings. The summed E-state index contributed by atoms with van der Waals surface area (Å²) in [4.78, 5) is 13.0. The average molecular weight is 328 g/mol. The van der Waals surface area contributed by atoms with E-state index in [1.165, 1.54) is 0 Å². The molecule has 19 heavy (non-hydrogen) atoms. The van der Waals surface area contributed by atoms with Crippen LogP contribution in [0.4, 0.5) is 0 Å². The summed E-state index contributed by atoms with van der Waals surface area (Å²) in [5, 5.41) is 8.91. The molecule has 1 unspecified atom stereocenters. The van der Waals surface area contributed by atoms with Crippen LogP contribution >= 0.6 is 15.9 Å². The van der Waals surface area contributed by atoms with Crippen molar-refractivity contribution in [3.8, 4) is 5.75 Å². The van der Waals surface area contributed by atoms with Crippen molar-refractivity contribution in [3.63, 3.8) is 0 Å². The summed E-state index contributed by atoms with van der Waals surface area (Å²) in [6.45, 7) is 3.61. The quantitative estimate of drug-likeness (QED) is 0.902. The lowest BCUT2D eigenvalue weighted by Gasteiger charge is -2.36. The predicted molar refractivity (Wildman–Crippen MR) is 76.6 cm³/mol. The largest absolute Gasteiger partial charge is 0.487 e. The third-order valence-corrected chi connectivity index (χ3v) is 3.90. The second kappa shape index (κ2) is 5.92. The first-order valence-corrected chi connectivity index (χ1v) is 7.11. The van der Waals surface area contributed by atoms with E-state index in [0.29, 0.717) is 6.42 Å². The van der Waals surface area contributed by atoms with Crippen LogP contribution in [0.1, 0.15) is 12.5 Å². The van der Waals surface area contributed by atoms with Crippen molar-refractivity contribution >= 4 is 21.9 Å². The zero-order chi connectivity index (χ0) is 14.0. The number of carboxylic acid groups (broad SMARTS) is 1. The number of ether oxygens (including phenoxy) is 1. The van der Waals surface area contributed by atoms with Crippen molar-refractivity contribution < 1.29 is 14.6 Å². The molecule has 0 radical (unpaired) electrons. The molecule has 1 aromatic rings. The van der Waals surface area contributed by atoms with E-state index in [2.05, 4.69) is 27.9 Å². The van der Waals surface area contributed by atoms with E-state index in [0.717, 1.165) is 28.9 Å². The van der Waals surface area contributed by atoms with E-state index in [1.54, 1.807) is 6.92 Å². The Kier molecular flexibility index (Phi) is 4.47. The third kappa shape index (κ3) is 3.70. The number of likely N-dealkylation sites (tertiary alicyclic amines) is 1. The Balaban J connectivity index is 1.98. The van der Waals surface area contributed by atoms with Crippen LogP contribution < -0.4 is 4.74 Å². The van der Waals surface area contributed by atoms with Crippen LogP contribution in [0, 0.1) is 5.92 Å². The number of rotatable bonds is 5. The molecule has 0 bridgehead atoms. The Hall–Kier alpha value is -1.07. The molecule has 0 aromatic heterocycles. The summed E-state index contributed by atoms with van der Waals surface area (Å²) >= 11 is 3.48. The molecular weight excluding hydrogens is 310 g/mol. The molecule has 1 aliphatic heterocycles. The first-order chi connectivity index (χ1) is 8.95. The first kappa shape index (κ1) is 14.3. The average Bonchev–Trinajstić information content (AvgIpc) is 2.30. The van der Waals surface area contributed by atoms with Gasteiger partial charge < -0.3 is 9.84 Å². The highest BCUT2D eigenvalue weighted by Crippen LogP contribution is 2.29. The van der Waals surface area contributed by atoms with E-state index in [4.69, 9.17) is 9.84 Å². The second-order valence-electron chi connectivity index (χ2n) is 5.17. The highest BCUT2D eigenvalue weighted by Gasteiger charge is 2.25. The second-order valence-corrected chi connectivity index (χ2v) is 6.02. The van der Waals surface area contributed by atoms with Gasteiger partial charge in [-0.1, -0.05) is 13.0 Å². The predicted octanol–water partition coefficient (Wildman–Crippen LogP) is 2.41. The number of hydrogen-bond donors (Lipinski definition) is 1. The van der Waals surface area contributed by atoms with Gasteiger partial charge in [-0.05, 0) is 47.1 Å². The van der Waals surface area contributed by atoms with Crippen molar-refractivity contribution in [2.24, 2.45) is 5.92 Å². The Bertz CT molecular complexity index is 472. The molecule has 2 rings (SSSR count). The summed E-state index contributed by atoms with van der Waals surface area (Å²) in [5.74, 6) is -0.322. The van der Waals surface area contributed by atoms with Gasteiger partial charge in [0.25, 0.3) is 0 Å². The van der Waals surface area contributed by atoms with Gasteiger partial charge in [-0.25, -0.2) is 0 Å². The van der Waals surface area contributed by atoms with Gasteiger partial charge in [-0.3, -0.25) is 9.69 Å². The van der Waals surface area contributed by atoms with E-state index in [9.17, 15) is 4.79 Å². The lowest BCUT2D eigenvalue weighted by atomic mass is 10.0. The Labute approximate surface area is 121 Å². The molecule has 104 valence electrons. The number of halogens is 1. The number of aliphatic carboxylic acids is 1. The summed E-state index contributed by atoms with van der Waals surface area (Å²) in [6, 6.07) is 5.78. The fourth-order valence-electron chi connectivity index (χ4n) is 2.10. The summed E-state index contributed by atoms with van der Waals surface area (Å²) < 4.78 is 6.74. The monoisotopic (exact) mass is 327 g/mol. The number of carbonyl (C=O) groups is 1. The minimum Gasteiger partial charge on any atom is -0.487 e. The van der Waals surface area contributed by atoms with Gasteiger partial charge in [0, 0.05) is 13.1 Å². The zero-order valence-corrected chi connectivity index (χ0v) is 12.7. The maximum atomic E-state index is 10.8. The molecule has 1 saturated heterocycles. The van der Waals surface area contributed by atoms with Gasteiger partial charge in [0.15, 0.2) is 0 Å². The highest BCUT2D eigenvalue weighted by atomic mass is 79.9. The van der Waals surface area contributed by atoms with E-state index in [-0.39, 0.29) is 12.0 Å². The Morgan fingerprint density at radius 2 is 2.26 bits per heavy atom. The third-order valence-electron chi connectivity index (χ3n) is 3.28. The van der Waals surface area contributed by atoms with Crippen molar-refractivity contribution in [2.45, 2.75) is 19.4 Å². The van der Waals surface area contributed by atoms with Crippen molar-refractivity contribution in [2.75, 3.05) is 20.1 Å². The fourth-order valence-corrected chi connectivity index (χ4v) is 2.62. The van der Waals surface area contributed by atoms with Crippen LogP contribution in [-0.4, -0.2) is 42.2 Å². The van der Waals surface area contributed by atoms with Crippen LogP contribution in [0.5, 0.6) is 5.75 Å². The molecule has 1 atom stereocenters. The standard InChI is InChI=1S/C14H18BrNO3/c1-9(14(17)18)5-10-3-4-13(12(15)6-10)19-11-7-16(2)8-11/h3-4,6,9,11H,5,7-8H2,1-2H3,(H,17,18). The highest BCUT2D eigenvalue weighted by molar-refractivity contribution is 9.10. The molecular formula is C14H18BrNO3. The Morgan fingerprint density at radius 3 is 2.79 bits per heavy atom. The van der Waals surface area contributed by atoms with Crippen LogP contribution in [0.25, 0.3) is 0 Å². The molecule has 0 saturated carbocycles. The molecule has 1 aromatic carbocycles. The number of carboxylic acids is 1. The lowest BCUT2D eigenvalue weighted by Crippen LogP contribution is -2.51. The smallest absolute Gasteiger partial charge is 0.306 e. The topological polar surface area (TPSA) is 49.8 Å². The van der Waals surface area contributed by atoms with Gasteiger partial charge in [0.05, 0.1) is 10.4 Å². The molecule has 1 heterocycles. The minimum atomic E-state index is -0.769. The normalized spacial score (nSPS) is 17.8. The number of benzene rings is 1. The number of nitrogens with zero attached hydrogens (tertiary/aromatic N) is 1. The summed E-state index contributed by atoms with van der Waals surface area (Å²) in [7, 11) is 2.06. The van der Waals surface area contributed by atoms with Crippen molar-refractivity contribution in [1.29, 1.82) is 0 Å². The molecule has 1 N–H and O–H groups in total. The molecule has 0 aliphatic carbocycles. The van der Waals surface area contributed by atoms with Crippen LogP contribution in [-0.2, 0) is 11.2 Å². The number of likely N-dealkylation sites (N-methyl/N-ethyl adjacent to an activating group) is 1. The summed E-state index contributed by atoms with van der Waals surface area (Å²) in [6.07, 6.45) is 0.783. The zero-order valence-electron chi connectivity index (χ0n) is 11.1. The number of hydrogen-bond acceptors (Lipinski definition) is 3. The maximum absolute atomic E-state index is 10.8. The van der Waals surface area contributed by atoms with Crippen molar-refractivity contribution in [3.05, 3.63) is 28.2 Å². The molecule has 0 amide bonds. The van der Waals surface area contributed by atoms with Crippen molar-refractivity contribution in [1.82, 2.24) is 4.90 Å². The molecule has 1 aliphatic rings. The SMILES string of the molecule is CC(Cc1ccc(OC2CN(C)C2)c(Br)c1)C(=O)O. The summed E-state index contributed by atoms with van der Waals surface area (Å²) in [5.41, 5.74) is 1.000. The van der Waals surface area contributed by atoms with Gasteiger partial charge in [-0.15, -0.1) is 0 Å². The van der Waals surface area contributed by atoms with Crippen LogP contribution in [0.15, 0.2) is 22.7 Å².